The van der Waals surface area contributed by atoms with Crippen LogP contribution in [0.5, 0.6) is 5.88 Å². The maximum absolute atomic E-state index is 13.1. The van der Waals surface area contributed by atoms with Crippen LogP contribution in [-0.4, -0.2) is 24.5 Å². The van der Waals surface area contributed by atoms with Gasteiger partial charge in [0.1, 0.15) is 0 Å². The number of ether oxygens (including phenoxy) is 1. The van der Waals surface area contributed by atoms with E-state index < -0.39 is 10.0 Å². The van der Waals surface area contributed by atoms with Crippen molar-refractivity contribution in [3.05, 3.63) is 58.7 Å². The molecule has 5 nitrogen and oxygen atoms in total. The monoisotopic (exact) mass is 330 g/mol. The predicted molar refractivity (Wildman–Crippen MR) is 90.9 cm³/mol. The molecule has 2 heterocycles. The minimum atomic E-state index is -3.67. The summed E-state index contributed by atoms with van der Waals surface area (Å²) in [6.07, 6.45) is 7.78. The van der Waals surface area contributed by atoms with Gasteiger partial charge in [0.05, 0.1) is 23.0 Å². The molecule has 0 N–H and O–H groups in total. The molecule has 6 heteroatoms. The number of hydrogen-bond acceptors (Lipinski definition) is 4. The second-order valence-electron chi connectivity index (χ2n) is 5.44. The van der Waals surface area contributed by atoms with E-state index in [1.807, 2.05) is 19.1 Å². The van der Waals surface area contributed by atoms with Crippen molar-refractivity contribution in [2.75, 3.05) is 7.11 Å². The van der Waals surface area contributed by atoms with Gasteiger partial charge in [-0.1, -0.05) is 23.8 Å². The van der Waals surface area contributed by atoms with Crippen LogP contribution in [0, 0.1) is 6.92 Å². The molecule has 0 radical (unpaired) electrons. The molecule has 1 aliphatic rings. The summed E-state index contributed by atoms with van der Waals surface area (Å²) in [6.45, 7) is 3.71. The number of allylic oxidation sites excluding steroid dienone is 5. The predicted octanol–water partition coefficient (Wildman–Crippen LogP) is 3.32. The molecule has 0 aromatic carbocycles. The average Bonchev–Trinajstić information content (AvgIpc) is 2.68. The van der Waals surface area contributed by atoms with Crippen molar-refractivity contribution in [2.24, 2.45) is 0 Å². The van der Waals surface area contributed by atoms with Gasteiger partial charge in [0.15, 0.2) is 0 Å². The highest BCUT2D eigenvalue weighted by Gasteiger charge is 2.23. The van der Waals surface area contributed by atoms with Gasteiger partial charge in [0.2, 0.25) is 5.88 Å². The molecule has 3 rings (SSSR count). The highest BCUT2D eigenvalue weighted by Crippen LogP contribution is 2.27. The number of aryl methyl sites for hydroxylation is 1. The van der Waals surface area contributed by atoms with Gasteiger partial charge in [-0.2, -0.15) is 0 Å². The van der Waals surface area contributed by atoms with Crippen molar-refractivity contribution in [1.82, 2.24) is 8.96 Å². The molecule has 0 saturated heterocycles. The van der Waals surface area contributed by atoms with E-state index in [2.05, 4.69) is 4.98 Å². The lowest BCUT2D eigenvalue weighted by Crippen LogP contribution is -2.15. The molecule has 0 fully saturated rings. The minimum absolute atomic E-state index is 0.294. The van der Waals surface area contributed by atoms with Gasteiger partial charge in [-0.05, 0) is 38.5 Å². The summed E-state index contributed by atoms with van der Waals surface area (Å²) in [5, 5.41) is 0. The smallest absolute Gasteiger partial charge is 0.268 e. The van der Waals surface area contributed by atoms with Gasteiger partial charge in [0, 0.05) is 11.8 Å². The number of rotatable bonds is 3. The van der Waals surface area contributed by atoms with Gasteiger partial charge in [-0.25, -0.2) is 17.4 Å². The van der Waals surface area contributed by atoms with Crippen molar-refractivity contribution < 1.29 is 13.2 Å². The van der Waals surface area contributed by atoms with Crippen LogP contribution in [0.2, 0.25) is 0 Å². The van der Waals surface area contributed by atoms with Crippen LogP contribution in [-0.2, 0) is 10.0 Å². The summed E-state index contributed by atoms with van der Waals surface area (Å²) in [6, 6.07) is 5.13. The molecule has 1 aliphatic carbocycles. The number of pyridine rings is 1. The highest BCUT2D eigenvalue weighted by molar-refractivity contribution is 7.94. The zero-order chi connectivity index (χ0) is 16.6. The molecular formula is C17H18N2O3S. The Kier molecular flexibility index (Phi) is 3.85. The Balaban J connectivity index is 2.18. The summed E-state index contributed by atoms with van der Waals surface area (Å²) < 4.78 is 32.6. The van der Waals surface area contributed by atoms with Crippen LogP contribution in [0.25, 0.3) is 11.0 Å². The fraction of sp³-hybridized carbons (Fsp3) is 0.235. The number of aromatic nitrogens is 2. The quantitative estimate of drug-likeness (QED) is 0.866. The van der Waals surface area contributed by atoms with E-state index in [0.717, 1.165) is 5.57 Å². The zero-order valence-corrected chi connectivity index (χ0v) is 14.1. The first kappa shape index (κ1) is 15.6. The molecule has 0 unspecified atom stereocenters. The molecule has 120 valence electrons. The molecule has 0 bridgehead atoms. The van der Waals surface area contributed by atoms with Crippen molar-refractivity contribution in [3.63, 3.8) is 0 Å². The SMILES string of the molecule is COc1ccc2c(cc(C)n2S(=O)(=O)C2=CCC=C(C)C=C2)n1. The number of methoxy groups -OCH3 is 1. The number of nitrogens with zero attached hydrogens (tertiary/aromatic N) is 2. The van der Waals surface area contributed by atoms with E-state index >= 15 is 0 Å². The lowest BCUT2D eigenvalue weighted by molar-refractivity contribution is 0.399. The van der Waals surface area contributed by atoms with E-state index in [1.165, 1.54) is 11.1 Å². The zero-order valence-electron chi connectivity index (χ0n) is 13.3. The Bertz CT molecular complexity index is 963. The standard InChI is InChI=1S/C17H18N2O3S/c1-12-5-4-6-14(8-7-12)23(20,21)19-13(2)11-15-16(19)9-10-17(18-15)22-3/h5-11H,4H2,1-3H3. The summed E-state index contributed by atoms with van der Waals surface area (Å²) >= 11 is 0. The number of fused-ring (bicyclic) bond motifs is 1. The first-order valence-corrected chi connectivity index (χ1v) is 8.71. The van der Waals surface area contributed by atoms with Gasteiger partial charge in [-0.15, -0.1) is 0 Å². The molecular weight excluding hydrogens is 312 g/mol. The second-order valence-corrected chi connectivity index (χ2v) is 7.22. The first-order chi connectivity index (χ1) is 10.9. The van der Waals surface area contributed by atoms with E-state index in [9.17, 15) is 8.42 Å². The molecule has 0 aliphatic heterocycles. The molecule has 0 spiro atoms. The first-order valence-electron chi connectivity index (χ1n) is 7.27. The van der Waals surface area contributed by atoms with Gasteiger partial charge in [-0.3, -0.25) is 0 Å². The fourth-order valence-electron chi connectivity index (χ4n) is 2.61. The summed E-state index contributed by atoms with van der Waals surface area (Å²) in [7, 11) is -2.13. The Labute approximate surface area is 135 Å². The van der Waals surface area contributed by atoms with Gasteiger partial charge >= 0.3 is 0 Å². The molecule has 0 saturated carbocycles. The lowest BCUT2D eigenvalue weighted by Gasteiger charge is -2.10. The normalized spacial score (nSPS) is 15.3. The Hall–Kier alpha value is -2.34. The Morgan fingerprint density at radius 2 is 1.96 bits per heavy atom. The van der Waals surface area contributed by atoms with Gasteiger partial charge < -0.3 is 4.74 Å². The lowest BCUT2D eigenvalue weighted by atomic mass is 10.2. The van der Waals surface area contributed by atoms with Crippen LogP contribution < -0.4 is 4.74 Å². The van der Waals surface area contributed by atoms with E-state index in [0.29, 0.717) is 33.9 Å². The molecule has 0 atom stereocenters. The third kappa shape index (κ3) is 2.70. The summed E-state index contributed by atoms with van der Waals surface area (Å²) in [5.74, 6) is 0.459. The number of hydrogen-bond donors (Lipinski definition) is 0. The van der Waals surface area contributed by atoms with Crippen LogP contribution >= 0.6 is 0 Å². The van der Waals surface area contributed by atoms with Crippen LogP contribution in [0.1, 0.15) is 19.0 Å². The average molecular weight is 330 g/mol. The van der Waals surface area contributed by atoms with Crippen LogP contribution in [0.15, 0.2) is 53.0 Å². The van der Waals surface area contributed by atoms with Crippen molar-refractivity contribution >= 4 is 21.1 Å². The minimum Gasteiger partial charge on any atom is -0.481 e. The Morgan fingerprint density at radius 3 is 2.70 bits per heavy atom. The maximum atomic E-state index is 13.1. The van der Waals surface area contributed by atoms with E-state index in [-0.39, 0.29) is 0 Å². The second kappa shape index (κ2) is 5.70. The van der Waals surface area contributed by atoms with Crippen molar-refractivity contribution in [3.8, 4) is 5.88 Å². The van der Waals surface area contributed by atoms with Crippen LogP contribution in [0.4, 0.5) is 0 Å². The maximum Gasteiger partial charge on any atom is 0.268 e. The molecule has 2 aromatic heterocycles. The van der Waals surface area contributed by atoms with Crippen molar-refractivity contribution in [2.45, 2.75) is 20.3 Å². The Morgan fingerprint density at radius 1 is 1.17 bits per heavy atom. The summed E-state index contributed by atoms with van der Waals surface area (Å²) in [4.78, 5) is 4.60. The van der Waals surface area contributed by atoms with E-state index in [1.54, 1.807) is 37.3 Å². The highest BCUT2D eigenvalue weighted by atomic mass is 32.2. The van der Waals surface area contributed by atoms with E-state index in [4.69, 9.17) is 4.74 Å². The molecule has 2 aromatic rings. The third-order valence-corrected chi connectivity index (χ3v) is 5.64. The topological polar surface area (TPSA) is 61.2 Å². The summed E-state index contributed by atoms with van der Waals surface area (Å²) in [5.41, 5.74) is 2.81. The fourth-order valence-corrected chi connectivity index (χ4v) is 4.22. The largest absolute Gasteiger partial charge is 0.481 e. The molecule has 23 heavy (non-hydrogen) atoms. The van der Waals surface area contributed by atoms with Crippen molar-refractivity contribution in [1.29, 1.82) is 0 Å². The van der Waals surface area contributed by atoms with Crippen LogP contribution in [0.3, 0.4) is 0 Å². The van der Waals surface area contributed by atoms with Gasteiger partial charge in [0.25, 0.3) is 10.0 Å². The third-order valence-electron chi connectivity index (χ3n) is 3.78. The molecule has 0 amide bonds.